The molecule has 2 nitrogen and oxygen atoms in total. The summed E-state index contributed by atoms with van der Waals surface area (Å²) in [6.45, 7) is 4.12. The predicted octanol–water partition coefficient (Wildman–Crippen LogP) is 3.35. The van der Waals surface area contributed by atoms with Crippen molar-refractivity contribution in [3.63, 3.8) is 0 Å². The lowest BCUT2D eigenvalue weighted by molar-refractivity contribution is -0.0213. The van der Waals surface area contributed by atoms with Crippen LogP contribution in [0.4, 0.5) is 0 Å². The van der Waals surface area contributed by atoms with E-state index in [1.54, 1.807) is 0 Å². The van der Waals surface area contributed by atoms with E-state index in [4.69, 9.17) is 4.74 Å². The monoisotopic (exact) mass is 226 g/mol. The molecule has 86 valence electrons. The first-order valence-corrected chi connectivity index (χ1v) is 5.72. The van der Waals surface area contributed by atoms with Crippen LogP contribution < -0.4 is 4.74 Å². The molecule has 0 saturated carbocycles. The fourth-order valence-electron chi connectivity index (χ4n) is 2.39. The van der Waals surface area contributed by atoms with E-state index in [2.05, 4.69) is 26.0 Å². The van der Waals surface area contributed by atoms with E-state index in [0.29, 0.717) is 0 Å². The zero-order valence-electron chi connectivity index (χ0n) is 9.90. The zero-order chi connectivity index (χ0) is 12.0. The molecule has 3 rings (SSSR count). The zero-order valence-corrected chi connectivity index (χ0v) is 9.90. The van der Waals surface area contributed by atoms with Gasteiger partial charge in [0.05, 0.1) is 0 Å². The number of hydrogen-bond acceptors (Lipinski definition) is 2. The van der Waals surface area contributed by atoms with Crippen LogP contribution in [0.15, 0.2) is 36.4 Å². The number of aliphatic hydroxyl groups excluding tert-OH is 1. The van der Waals surface area contributed by atoms with Crippen LogP contribution in [-0.4, -0.2) is 5.11 Å². The van der Waals surface area contributed by atoms with Crippen molar-refractivity contribution >= 4 is 0 Å². The third kappa shape index (κ3) is 1.53. The summed E-state index contributed by atoms with van der Waals surface area (Å²) in [6.07, 6.45) is -0.861. The van der Waals surface area contributed by atoms with Gasteiger partial charge in [0.1, 0.15) is 5.75 Å². The minimum atomic E-state index is -0.861. The van der Waals surface area contributed by atoms with Crippen molar-refractivity contribution in [1.82, 2.24) is 0 Å². The van der Waals surface area contributed by atoms with Gasteiger partial charge < -0.3 is 9.84 Å². The molecule has 1 unspecified atom stereocenters. The molecule has 1 aliphatic heterocycles. The Morgan fingerprint density at radius 2 is 1.94 bits per heavy atom. The maximum Gasteiger partial charge on any atom is 0.224 e. The van der Waals surface area contributed by atoms with Crippen LogP contribution in [0, 0.1) is 13.8 Å². The quantitative estimate of drug-likeness (QED) is 0.746. The van der Waals surface area contributed by atoms with Gasteiger partial charge in [-0.3, -0.25) is 0 Å². The average molecular weight is 226 g/mol. The Hall–Kier alpha value is -1.80. The first-order valence-electron chi connectivity index (χ1n) is 5.72. The smallest absolute Gasteiger partial charge is 0.224 e. The van der Waals surface area contributed by atoms with E-state index in [9.17, 15) is 5.11 Å². The minimum absolute atomic E-state index is 0.755. The summed E-state index contributed by atoms with van der Waals surface area (Å²) in [5.74, 6) is 0.755. The molecule has 1 atom stereocenters. The van der Waals surface area contributed by atoms with Gasteiger partial charge in [-0.05, 0) is 37.1 Å². The topological polar surface area (TPSA) is 29.5 Å². The van der Waals surface area contributed by atoms with Gasteiger partial charge in [0.25, 0.3) is 0 Å². The number of ether oxygens (including phenoxy) is 1. The minimum Gasteiger partial charge on any atom is -0.460 e. The summed E-state index contributed by atoms with van der Waals surface area (Å²) < 4.78 is 5.52. The van der Waals surface area contributed by atoms with E-state index >= 15 is 0 Å². The third-order valence-corrected chi connectivity index (χ3v) is 3.21. The molecular weight excluding hydrogens is 212 g/mol. The molecule has 17 heavy (non-hydrogen) atoms. The molecule has 1 aliphatic rings. The Kier molecular flexibility index (Phi) is 2.20. The van der Waals surface area contributed by atoms with Crippen molar-refractivity contribution in [2.24, 2.45) is 0 Å². The van der Waals surface area contributed by atoms with Crippen LogP contribution in [0.5, 0.6) is 5.75 Å². The van der Waals surface area contributed by atoms with Gasteiger partial charge in [0, 0.05) is 11.1 Å². The van der Waals surface area contributed by atoms with Crippen molar-refractivity contribution in [2.75, 3.05) is 0 Å². The van der Waals surface area contributed by atoms with Crippen LogP contribution in [-0.2, 0) is 0 Å². The molecule has 0 bridgehead atoms. The van der Waals surface area contributed by atoms with E-state index in [0.717, 1.165) is 28.0 Å². The highest BCUT2D eigenvalue weighted by Crippen LogP contribution is 2.43. The average Bonchev–Trinajstić information content (AvgIpc) is 2.30. The van der Waals surface area contributed by atoms with Crippen molar-refractivity contribution in [3.8, 4) is 16.9 Å². The molecule has 2 aromatic carbocycles. The SMILES string of the molecule is Cc1ccc2c(c1)-c1c(C)cccc1C(O)O2. The summed E-state index contributed by atoms with van der Waals surface area (Å²) in [6, 6.07) is 11.9. The second-order valence-electron chi connectivity index (χ2n) is 4.51. The molecule has 0 amide bonds. The second-order valence-corrected chi connectivity index (χ2v) is 4.51. The second kappa shape index (κ2) is 3.60. The molecule has 2 heteroatoms. The number of rotatable bonds is 0. The van der Waals surface area contributed by atoms with Crippen molar-refractivity contribution in [2.45, 2.75) is 20.1 Å². The summed E-state index contributed by atoms with van der Waals surface area (Å²) >= 11 is 0. The van der Waals surface area contributed by atoms with E-state index in [1.165, 1.54) is 5.56 Å². The Balaban J connectivity index is 2.34. The summed E-state index contributed by atoms with van der Waals surface area (Å²) in [4.78, 5) is 0. The van der Waals surface area contributed by atoms with Gasteiger partial charge >= 0.3 is 0 Å². The number of hydrogen-bond donors (Lipinski definition) is 1. The van der Waals surface area contributed by atoms with Crippen molar-refractivity contribution < 1.29 is 9.84 Å². The van der Waals surface area contributed by atoms with Crippen LogP contribution >= 0.6 is 0 Å². The molecule has 0 radical (unpaired) electrons. The molecule has 1 heterocycles. The summed E-state index contributed by atoms with van der Waals surface area (Å²) in [7, 11) is 0. The van der Waals surface area contributed by atoms with Gasteiger partial charge in [0.15, 0.2) is 0 Å². The normalized spacial score (nSPS) is 17.0. The van der Waals surface area contributed by atoms with E-state index in [1.807, 2.05) is 24.3 Å². The van der Waals surface area contributed by atoms with E-state index < -0.39 is 6.29 Å². The van der Waals surface area contributed by atoms with Gasteiger partial charge in [-0.1, -0.05) is 29.8 Å². The van der Waals surface area contributed by atoms with Gasteiger partial charge in [0.2, 0.25) is 6.29 Å². The lowest BCUT2D eigenvalue weighted by Crippen LogP contribution is -2.14. The molecule has 2 aromatic rings. The number of aryl methyl sites for hydroxylation is 2. The Morgan fingerprint density at radius 1 is 1.12 bits per heavy atom. The van der Waals surface area contributed by atoms with Crippen molar-refractivity contribution in [1.29, 1.82) is 0 Å². The summed E-state index contributed by atoms with van der Waals surface area (Å²) in [5.41, 5.74) is 5.38. The lowest BCUT2D eigenvalue weighted by atomic mass is 9.91. The molecule has 0 saturated heterocycles. The van der Waals surface area contributed by atoms with Gasteiger partial charge in [-0.2, -0.15) is 0 Å². The standard InChI is InChI=1S/C15H14O2/c1-9-6-7-13-12(8-9)14-10(2)4-3-5-11(14)15(16)17-13/h3-8,15-16H,1-2H3. The fraction of sp³-hybridized carbons (Fsp3) is 0.200. The first kappa shape index (κ1) is 10.4. The summed E-state index contributed by atoms with van der Waals surface area (Å²) in [5, 5.41) is 9.98. The predicted molar refractivity (Wildman–Crippen MR) is 66.9 cm³/mol. The Labute approximate surface area is 100 Å². The number of aliphatic hydroxyl groups is 1. The molecular formula is C15H14O2. The number of fused-ring (bicyclic) bond motifs is 3. The maximum atomic E-state index is 9.98. The largest absolute Gasteiger partial charge is 0.460 e. The number of benzene rings is 2. The highest BCUT2D eigenvalue weighted by Gasteiger charge is 2.25. The molecule has 0 fully saturated rings. The van der Waals surface area contributed by atoms with Crippen molar-refractivity contribution in [3.05, 3.63) is 53.1 Å². The van der Waals surface area contributed by atoms with Crippen LogP contribution in [0.2, 0.25) is 0 Å². The highest BCUT2D eigenvalue weighted by atomic mass is 16.6. The molecule has 1 N–H and O–H groups in total. The molecule has 0 aliphatic carbocycles. The molecule has 0 aromatic heterocycles. The third-order valence-electron chi connectivity index (χ3n) is 3.21. The highest BCUT2D eigenvalue weighted by molar-refractivity contribution is 5.78. The lowest BCUT2D eigenvalue weighted by Gasteiger charge is -2.26. The van der Waals surface area contributed by atoms with Gasteiger partial charge in [-0.15, -0.1) is 0 Å². The Bertz CT molecular complexity index is 587. The van der Waals surface area contributed by atoms with Crippen LogP contribution in [0.25, 0.3) is 11.1 Å². The Morgan fingerprint density at radius 3 is 2.76 bits per heavy atom. The van der Waals surface area contributed by atoms with Crippen LogP contribution in [0.3, 0.4) is 0 Å². The maximum absolute atomic E-state index is 9.98. The first-order chi connectivity index (χ1) is 8.16. The van der Waals surface area contributed by atoms with Gasteiger partial charge in [-0.25, -0.2) is 0 Å². The fourth-order valence-corrected chi connectivity index (χ4v) is 2.39. The molecule has 0 spiro atoms. The van der Waals surface area contributed by atoms with E-state index in [-0.39, 0.29) is 0 Å². The van der Waals surface area contributed by atoms with Crippen LogP contribution in [0.1, 0.15) is 23.0 Å².